The molecule has 1 rings (SSSR count). The fourth-order valence-electron chi connectivity index (χ4n) is 1.37. The van der Waals surface area contributed by atoms with Gasteiger partial charge in [0.25, 0.3) is 0 Å². The van der Waals surface area contributed by atoms with Gasteiger partial charge in [-0.05, 0) is 25.1 Å². The Morgan fingerprint density at radius 2 is 1.90 bits per heavy atom. The third-order valence-corrected chi connectivity index (χ3v) is 4.37. The van der Waals surface area contributed by atoms with E-state index >= 15 is 0 Å². The Hall–Kier alpha value is -1.36. The zero-order valence-corrected chi connectivity index (χ0v) is 12.3. The Kier molecular flexibility index (Phi) is 5.34. The molecule has 1 aromatic carbocycles. The van der Waals surface area contributed by atoms with Gasteiger partial charge < -0.3 is 10.5 Å². The first kappa shape index (κ1) is 16.7. The van der Waals surface area contributed by atoms with Crippen molar-refractivity contribution in [1.82, 2.24) is 0 Å². The average molecular weight is 325 g/mol. The Bertz CT molecular complexity index is 667. The molecular weight excluding hydrogens is 310 g/mol. The minimum atomic E-state index is -4.66. The number of nitrogen functional groups attached to an aromatic ring is 1. The van der Waals surface area contributed by atoms with Crippen LogP contribution in [-0.2, 0) is 24.4 Å². The molecule has 0 aromatic heterocycles. The zero-order valence-electron chi connectivity index (χ0n) is 10.6. The quantitative estimate of drug-likeness (QED) is 0.539. The topological polar surface area (TPSA) is 133 Å². The van der Waals surface area contributed by atoms with E-state index in [1.54, 1.807) is 6.92 Å². The molecule has 8 nitrogen and oxygen atoms in total. The summed E-state index contributed by atoms with van der Waals surface area (Å²) in [5.74, 6) is -0.249. The lowest BCUT2D eigenvalue weighted by atomic mass is 10.3. The number of benzene rings is 1. The van der Waals surface area contributed by atoms with Crippen LogP contribution in [0.4, 0.5) is 5.69 Å². The summed E-state index contributed by atoms with van der Waals surface area (Å²) in [5, 5.41) is 0. The SMILES string of the molecule is CCOc1ccc(S(=O)(=O)CCOS(=O)(=O)O)cc1N. The van der Waals surface area contributed by atoms with Crippen LogP contribution in [-0.4, -0.2) is 40.4 Å². The van der Waals surface area contributed by atoms with Crippen molar-refractivity contribution in [2.75, 3.05) is 24.7 Å². The van der Waals surface area contributed by atoms with Crippen LogP contribution >= 0.6 is 0 Å². The van der Waals surface area contributed by atoms with Gasteiger partial charge in [-0.1, -0.05) is 0 Å². The molecule has 0 heterocycles. The van der Waals surface area contributed by atoms with Gasteiger partial charge >= 0.3 is 10.4 Å². The van der Waals surface area contributed by atoms with Crippen molar-refractivity contribution in [3.05, 3.63) is 18.2 Å². The van der Waals surface area contributed by atoms with E-state index in [9.17, 15) is 16.8 Å². The third kappa shape index (κ3) is 4.96. The molecule has 0 amide bonds. The maximum absolute atomic E-state index is 11.9. The van der Waals surface area contributed by atoms with Gasteiger partial charge in [0.1, 0.15) is 5.75 Å². The fraction of sp³-hybridized carbons (Fsp3) is 0.400. The molecule has 114 valence electrons. The second-order valence-electron chi connectivity index (χ2n) is 3.70. The first-order valence-electron chi connectivity index (χ1n) is 5.52. The van der Waals surface area contributed by atoms with Crippen molar-refractivity contribution in [3.63, 3.8) is 0 Å². The van der Waals surface area contributed by atoms with Crippen molar-refractivity contribution in [3.8, 4) is 5.75 Å². The summed E-state index contributed by atoms with van der Waals surface area (Å²) in [4.78, 5) is -0.0857. The molecular formula is C10H15NO7S2. The lowest BCUT2D eigenvalue weighted by Crippen LogP contribution is -2.15. The summed E-state index contributed by atoms with van der Waals surface area (Å²) >= 11 is 0. The second-order valence-corrected chi connectivity index (χ2v) is 6.90. The number of hydrogen-bond acceptors (Lipinski definition) is 7. The lowest BCUT2D eigenvalue weighted by molar-refractivity contribution is 0.284. The Balaban J connectivity index is 2.85. The van der Waals surface area contributed by atoms with Crippen LogP contribution in [0.2, 0.25) is 0 Å². The molecule has 0 radical (unpaired) electrons. The largest absolute Gasteiger partial charge is 0.492 e. The van der Waals surface area contributed by atoms with Crippen molar-refractivity contribution < 1.29 is 30.3 Å². The van der Waals surface area contributed by atoms with E-state index in [1.807, 2.05) is 0 Å². The molecule has 0 aliphatic carbocycles. The number of anilines is 1. The van der Waals surface area contributed by atoms with Crippen LogP contribution < -0.4 is 10.5 Å². The molecule has 0 fully saturated rings. The standard InChI is InChI=1S/C10H15NO7S2/c1-2-17-10-4-3-8(7-9(10)11)19(12,13)6-5-18-20(14,15)16/h3-4,7H,2,5-6,11H2,1H3,(H,14,15,16). The maximum atomic E-state index is 11.9. The second kappa shape index (κ2) is 6.39. The van der Waals surface area contributed by atoms with Crippen LogP contribution in [0.15, 0.2) is 23.1 Å². The molecule has 0 unspecified atom stereocenters. The summed E-state index contributed by atoms with van der Waals surface area (Å²) in [6.45, 7) is 1.46. The Morgan fingerprint density at radius 3 is 2.40 bits per heavy atom. The number of nitrogens with two attached hydrogens (primary N) is 1. The predicted molar refractivity (Wildman–Crippen MR) is 71.6 cm³/mol. The van der Waals surface area contributed by atoms with Gasteiger partial charge in [0.15, 0.2) is 9.84 Å². The van der Waals surface area contributed by atoms with Crippen LogP contribution in [0.1, 0.15) is 6.92 Å². The van der Waals surface area contributed by atoms with Crippen LogP contribution in [0.25, 0.3) is 0 Å². The van der Waals surface area contributed by atoms with Crippen LogP contribution in [0.5, 0.6) is 5.75 Å². The first-order chi connectivity index (χ1) is 9.15. The minimum absolute atomic E-state index is 0.0857. The highest BCUT2D eigenvalue weighted by Gasteiger charge is 2.17. The number of hydrogen-bond donors (Lipinski definition) is 2. The summed E-state index contributed by atoms with van der Waals surface area (Å²) in [6.07, 6.45) is 0. The summed E-state index contributed by atoms with van der Waals surface area (Å²) in [7, 11) is -8.43. The molecule has 0 saturated carbocycles. The van der Waals surface area contributed by atoms with E-state index < -0.39 is 32.6 Å². The smallest absolute Gasteiger partial charge is 0.397 e. The number of ether oxygens (including phenoxy) is 1. The van der Waals surface area contributed by atoms with Crippen molar-refractivity contribution in [1.29, 1.82) is 0 Å². The van der Waals surface area contributed by atoms with Crippen molar-refractivity contribution in [2.45, 2.75) is 11.8 Å². The molecule has 0 spiro atoms. The number of sulfone groups is 1. The normalized spacial score (nSPS) is 12.3. The molecule has 10 heteroatoms. The van der Waals surface area contributed by atoms with E-state index in [0.717, 1.165) is 0 Å². The summed E-state index contributed by atoms with van der Waals surface area (Å²) < 4.78 is 61.9. The molecule has 0 bridgehead atoms. The number of rotatable bonds is 7. The van der Waals surface area contributed by atoms with E-state index in [1.165, 1.54) is 18.2 Å². The molecule has 0 aliphatic heterocycles. The molecule has 3 N–H and O–H groups in total. The Morgan fingerprint density at radius 1 is 1.25 bits per heavy atom. The van der Waals surface area contributed by atoms with E-state index in [2.05, 4.69) is 4.18 Å². The highest BCUT2D eigenvalue weighted by molar-refractivity contribution is 7.91. The molecule has 0 saturated heterocycles. The molecule has 0 aliphatic rings. The van der Waals surface area contributed by atoms with Gasteiger partial charge in [0, 0.05) is 0 Å². The molecule has 0 atom stereocenters. The van der Waals surface area contributed by atoms with Crippen molar-refractivity contribution >= 4 is 25.9 Å². The first-order valence-corrected chi connectivity index (χ1v) is 8.54. The molecule has 1 aromatic rings. The minimum Gasteiger partial charge on any atom is -0.492 e. The maximum Gasteiger partial charge on any atom is 0.397 e. The van der Waals surface area contributed by atoms with E-state index in [-0.39, 0.29) is 10.6 Å². The highest BCUT2D eigenvalue weighted by atomic mass is 32.3. The zero-order chi connectivity index (χ0) is 15.4. The fourth-order valence-corrected chi connectivity index (χ4v) is 2.89. The molecule has 20 heavy (non-hydrogen) atoms. The van der Waals surface area contributed by atoms with E-state index in [4.69, 9.17) is 15.0 Å². The summed E-state index contributed by atoms with van der Waals surface area (Å²) in [6, 6.07) is 3.92. The van der Waals surface area contributed by atoms with Gasteiger partial charge in [-0.25, -0.2) is 12.6 Å². The van der Waals surface area contributed by atoms with Crippen LogP contribution in [0.3, 0.4) is 0 Å². The Labute approximate surface area is 117 Å². The monoisotopic (exact) mass is 325 g/mol. The average Bonchev–Trinajstić information content (AvgIpc) is 2.29. The van der Waals surface area contributed by atoms with Gasteiger partial charge in [0.05, 0.1) is 29.5 Å². The summed E-state index contributed by atoms with van der Waals surface area (Å²) in [5.41, 5.74) is 5.80. The van der Waals surface area contributed by atoms with E-state index in [0.29, 0.717) is 12.4 Å². The van der Waals surface area contributed by atoms with Gasteiger partial charge in [0.2, 0.25) is 0 Å². The van der Waals surface area contributed by atoms with Gasteiger partial charge in [-0.3, -0.25) is 4.55 Å². The van der Waals surface area contributed by atoms with Gasteiger partial charge in [-0.15, -0.1) is 0 Å². The van der Waals surface area contributed by atoms with Crippen molar-refractivity contribution in [2.24, 2.45) is 0 Å². The van der Waals surface area contributed by atoms with Crippen LogP contribution in [0, 0.1) is 0 Å². The lowest BCUT2D eigenvalue weighted by Gasteiger charge is -2.09. The van der Waals surface area contributed by atoms with Gasteiger partial charge in [-0.2, -0.15) is 8.42 Å². The highest BCUT2D eigenvalue weighted by Crippen LogP contribution is 2.25. The predicted octanol–water partition coefficient (Wildman–Crippen LogP) is 0.261. The third-order valence-electron chi connectivity index (χ3n) is 2.22.